The molecule has 0 bridgehead atoms. The number of anilines is 2. The number of hydrogen-bond donors (Lipinski definition) is 3. The number of nitrogens with zero attached hydrogens (tertiary/aromatic N) is 1. The van der Waals surface area contributed by atoms with E-state index >= 15 is 0 Å². The van der Waals surface area contributed by atoms with Crippen molar-refractivity contribution in [2.24, 2.45) is 0 Å². The molecule has 3 N–H and O–H groups in total. The number of phenols is 1. The van der Waals surface area contributed by atoms with Gasteiger partial charge in [-0.3, -0.25) is 0 Å². The van der Waals surface area contributed by atoms with Gasteiger partial charge in [-0.2, -0.15) is 0 Å². The molecule has 1 aromatic heterocycles. The van der Waals surface area contributed by atoms with Crippen LogP contribution >= 0.6 is 11.6 Å². The Bertz CT molecular complexity index is 1490. The molecule has 0 unspecified atom stereocenters. The van der Waals surface area contributed by atoms with Crippen molar-refractivity contribution in [3.05, 3.63) is 77.3 Å². The predicted molar refractivity (Wildman–Crippen MR) is 126 cm³/mol. The molecule has 0 saturated heterocycles. The lowest BCUT2D eigenvalue weighted by Gasteiger charge is -2.23. The van der Waals surface area contributed by atoms with Crippen LogP contribution in [0.25, 0.3) is 32.6 Å². The second kappa shape index (κ2) is 7.22. The Morgan fingerprint density at radius 2 is 1.77 bits per heavy atom. The fraction of sp³-hybridized carbons (Fsp3) is 0.0800. The van der Waals surface area contributed by atoms with E-state index in [-0.39, 0.29) is 11.4 Å². The van der Waals surface area contributed by atoms with Crippen molar-refractivity contribution in [1.29, 1.82) is 0 Å². The highest BCUT2D eigenvalue weighted by atomic mass is 35.5. The lowest BCUT2D eigenvalue weighted by Crippen LogP contribution is -2.24. The molecule has 154 valence electrons. The maximum Gasteiger partial charge on any atom is 0.416 e. The van der Waals surface area contributed by atoms with E-state index in [1.165, 1.54) is 0 Å². The molecule has 0 radical (unpaired) electrons. The Morgan fingerprint density at radius 1 is 0.968 bits per heavy atom. The Hall–Kier alpha value is -3.70. The number of rotatable bonds is 3. The van der Waals surface area contributed by atoms with E-state index in [4.69, 9.17) is 11.6 Å². The highest BCUT2D eigenvalue weighted by Crippen LogP contribution is 2.41. The number of para-hydroxylation sites is 1. The van der Waals surface area contributed by atoms with Crippen LogP contribution in [0.1, 0.15) is 12.5 Å². The number of aromatic hydroxyl groups is 1. The maximum atomic E-state index is 12.2. The number of aromatic nitrogens is 1. The van der Waals surface area contributed by atoms with Crippen LogP contribution in [0.5, 0.6) is 5.75 Å². The third-order valence-electron chi connectivity index (χ3n) is 5.69. The van der Waals surface area contributed by atoms with Crippen molar-refractivity contribution in [2.45, 2.75) is 13.3 Å². The molecule has 0 atom stereocenters. The number of benzene rings is 4. The largest absolute Gasteiger partial charge is 0.506 e. The molecule has 0 aliphatic carbocycles. The number of aryl methyl sites for hydroxylation is 1. The van der Waals surface area contributed by atoms with E-state index in [1.54, 1.807) is 30.3 Å². The van der Waals surface area contributed by atoms with E-state index in [0.29, 0.717) is 17.1 Å². The zero-order valence-corrected chi connectivity index (χ0v) is 17.4. The maximum absolute atomic E-state index is 12.2. The van der Waals surface area contributed by atoms with Gasteiger partial charge in [0, 0.05) is 26.7 Å². The van der Waals surface area contributed by atoms with Crippen molar-refractivity contribution in [1.82, 2.24) is 4.98 Å². The van der Waals surface area contributed by atoms with Gasteiger partial charge in [0.25, 0.3) is 0 Å². The molecule has 5 rings (SSSR count). The zero-order chi connectivity index (χ0) is 21.7. The van der Waals surface area contributed by atoms with Gasteiger partial charge in [-0.25, -0.2) is 9.69 Å². The summed E-state index contributed by atoms with van der Waals surface area (Å²) in [5, 5.41) is 25.2. The van der Waals surface area contributed by atoms with E-state index in [1.807, 2.05) is 43.3 Å². The first kappa shape index (κ1) is 19.3. The quantitative estimate of drug-likeness (QED) is 0.283. The summed E-state index contributed by atoms with van der Waals surface area (Å²) in [5.41, 5.74) is 3.37. The second-order valence-electron chi connectivity index (χ2n) is 7.47. The van der Waals surface area contributed by atoms with Crippen molar-refractivity contribution in [2.75, 3.05) is 4.90 Å². The standard InChI is InChI=1S/C25H19ClN2O3/c1-2-14-11-16(26)8-10-21(14)28(25(30)31)22-12-15-7-9-18-17-5-3-4-6-20(17)27-24(18)19(15)13-23(22)29/h3-13,27,29H,2H2,1H3,(H,30,31). The minimum absolute atomic E-state index is 0.113. The number of fused-ring (bicyclic) bond motifs is 5. The molecule has 0 aliphatic rings. The average molecular weight is 431 g/mol. The molecule has 0 aliphatic heterocycles. The summed E-state index contributed by atoms with van der Waals surface area (Å²) in [6.45, 7) is 1.93. The summed E-state index contributed by atoms with van der Waals surface area (Å²) in [4.78, 5) is 16.8. The van der Waals surface area contributed by atoms with Gasteiger partial charge in [-0.05, 0) is 53.8 Å². The zero-order valence-electron chi connectivity index (χ0n) is 16.7. The molecule has 0 saturated carbocycles. The van der Waals surface area contributed by atoms with Gasteiger partial charge in [0.05, 0.1) is 16.9 Å². The lowest BCUT2D eigenvalue weighted by atomic mass is 10.0. The summed E-state index contributed by atoms with van der Waals surface area (Å²) in [5.74, 6) is -0.113. The summed E-state index contributed by atoms with van der Waals surface area (Å²) < 4.78 is 0. The van der Waals surface area contributed by atoms with Crippen molar-refractivity contribution < 1.29 is 15.0 Å². The van der Waals surface area contributed by atoms with Gasteiger partial charge in [-0.15, -0.1) is 0 Å². The topological polar surface area (TPSA) is 76.6 Å². The third kappa shape index (κ3) is 3.05. The molecule has 1 amide bonds. The lowest BCUT2D eigenvalue weighted by molar-refractivity contribution is 0.204. The minimum Gasteiger partial charge on any atom is -0.506 e. The number of amides is 1. The van der Waals surface area contributed by atoms with E-state index < -0.39 is 6.09 Å². The van der Waals surface area contributed by atoms with Crippen LogP contribution in [-0.4, -0.2) is 21.3 Å². The normalized spacial score (nSPS) is 11.4. The average Bonchev–Trinajstić information content (AvgIpc) is 3.14. The van der Waals surface area contributed by atoms with Crippen LogP contribution in [0.2, 0.25) is 5.02 Å². The molecule has 5 aromatic rings. The highest BCUT2D eigenvalue weighted by Gasteiger charge is 2.24. The Kier molecular flexibility index (Phi) is 4.49. The molecule has 4 aromatic carbocycles. The number of carboxylic acid groups (broad SMARTS) is 1. The Morgan fingerprint density at radius 3 is 2.55 bits per heavy atom. The van der Waals surface area contributed by atoms with Crippen LogP contribution in [0.3, 0.4) is 0 Å². The Balaban J connectivity index is 1.76. The molecular weight excluding hydrogens is 412 g/mol. The van der Waals surface area contributed by atoms with Crippen molar-refractivity contribution >= 4 is 61.6 Å². The minimum atomic E-state index is -1.18. The molecule has 6 heteroatoms. The number of halogens is 1. The molecule has 5 nitrogen and oxygen atoms in total. The predicted octanol–water partition coefficient (Wildman–Crippen LogP) is 7.21. The van der Waals surface area contributed by atoms with Crippen molar-refractivity contribution in [3.8, 4) is 5.75 Å². The van der Waals surface area contributed by atoms with Gasteiger partial charge in [-0.1, -0.05) is 48.9 Å². The molecule has 31 heavy (non-hydrogen) atoms. The van der Waals surface area contributed by atoms with E-state index in [2.05, 4.69) is 4.98 Å². The summed E-state index contributed by atoms with van der Waals surface area (Å²) >= 11 is 6.11. The van der Waals surface area contributed by atoms with E-state index in [9.17, 15) is 15.0 Å². The summed E-state index contributed by atoms with van der Waals surface area (Å²) in [6, 6.07) is 20.4. The SMILES string of the molecule is CCc1cc(Cl)ccc1N(C(=O)O)c1cc2ccc3c4ccccc4[nH]c3c2cc1O. The van der Waals surface area contributed by atoms with Crippen LogP contribution in [0, 0.1) is 0 Å². The van der Waals surface area contributed by atoms with Crippen LogP contribution < -0.4 is 4.90 Å². The van der Waals surface area contributed by atoms with Crippen LogP contribution in [-0.2, 0) is 6.42 Å². The van der Waals surface area contributed by atoms with Gasteiger partial charge < -0.3 is 15.2 Å². The second-order valence-corrected chi connectivity index (χ2v) is 7.90. The monoisotopic (exact) mass is 430 g/mol. The first-order chi connectivity index (χ1) is 15.0. The third-order valence-corrected chi connectivity index (χ3v) is 5.92. The fourth-order valence-electron chi connectivity index (χ4n) is 4.24. The van der Waals surface area contributed by atoms with E-state index in [0.717, 1.165) is 43.0 Å². The summed E-state index contributed by atoms with van der Waals surface area (Å²) in [6.07, 6.45) is -0.581. The number of aromatic amines is 1. The van der Waals surface area contributed by atoms with Crippen LogP contribution in [0.4, 0.5) is 16.2 Å². The number of nitrogens with one attached hydrogen (secondary N) is 1. The molecule has 1 heterocycles. The number of H-pyrrole nitrogens is 1. The smallest absolute Gasteiger partial charge is 0.416 e. The first-order valence-corrected chi connectivity index (χ1v) is 10.3. The molecular formula is C25H19ClN2O3. The first-order valence-electron chi connectivity index (χ1n) is 9.95. The molecule has 0 spiro atoms. The van der Waals surface area contributed by atoms with Gasteiger partial charge in [0.2, 0.25) is 0 Å². The van der Waals surface area contributed by atoms with Gasteiger partial charge in [0.15, 0.2) is 0 Å². The van der Waals surface area contributed by atoms with Gasteiger partial charge >= 0.3 is 6.09 Å². The fourth-order valence-corrected chi connectivity index (χ4v) is 4.43. The van der Waals surface area contributed by atoms with Gasteiger partial charge in [0.1, 0.15) is 5.75 Å². The number of hydrogen-bond acceptors (Lipinski definition) is 2. The highest BCUT2D eigenvalue weighted by molar-refractivity contribution is 6.30. The number of phenolic OH excluding ortho intramolecular Hbond substituents is 1. The Labute approximate surface area is 183 Å². The summed E-state index contributed by atoms with van der Waals surface area (Å²) in [7, 11) is 0. The number of carbonyl (C=O) groups is 1. The molecule has 0 fully saturated rings. The van der Waals surface area contributed by atoms with Crippen molar-refractivity contribution in [3.63, 3.8) is 0 Å². The van der Waals surface area contributed by atoms with Crippen LogP contribution in [0.15, 0.2) is 66.7 Å².